The van der Waals surface area contributed by atoms with Crippen LogP contribution in [0.1, 0.15) is 155 Å². The van der Waals surface area contributed by atoms with Crippen LogP contribution in [-0.4, -0.2) is 13.1 Å². The van der Waals surface area contributed by atoms with Gasteiger partial charge in [-0.25, -0.2) is 0 Å². The molecule has 0 saturated carbocycles. The van der Waals surface area contributed by atoms with Crippen LogP contribution in [0, 0.1) is 0 Å². The first kappa shape index (κ1) is 30.1. The largest absolute Gasteiger partial charge is 0.330 e. The molecule has 0 aromatic heterocycles. The van der Waals surface area contributed by atoms with Gasteiger partial charge in [0.2, 0.25) is 0 Å². The highest BCUT2D eigenvalue weighted by Crippen LogP contribution is 2.11. The van der Waals surface area contributed by atoms with Crippen molar-refractivity contribution < 1.29 is 0 Å². The van der Waals surface area contributed by atoms with E-state index < -0.39 is 0 Å². The van der Waals surface area contributed by atoms with Crippen molar-refractivity contribution in [1.29, 1.82) is 0 Å². The molecule has 0 spiro atoms. The van der Waals surface area contributed by atoms with E-state index in [1.54, 1.807) is 0 Å². The van der Waals surface area contributed by atoms with Gasteiger partial charge >= 0.3 is 0 Å². The molecule has 2 heteroatoms. The van der Waals surface area contributed by atoms with Crippen LogP contribution < -0.4 is 11.5 Å². The maximum Gasteiger partial charge on any atom is -0.00773 e. The van der Waals surface area contributed by atoms with Gasteiger partial charge in [0.15, 0.2) is 0 Å². The molecule has 172 valence electrons. The van der Waals surface area contributed by atoms with Crippen molar-refractivity contribution in [3.05, 3.63) is 0 Å². The average Bonchev–Trinajstić information content (AvgIpc) is 2.71. The van der Waals surface area contributed by atoms with Crippen molar-refractivity contribution in [2.24, 2.45) is 11.5 Å². The quantitative estimate of drug-likeness (QED) is 0.179. The third-order valence-corrected chi connectivity index (χ3v) is 5.62. The number of hydrogen-bond donors (Lipinski definition) is 2. The van der Waals surface area contributed by atoms with Crippen LogP contribution in [0.3, 0.4) is 0 Å². The van der Waals surface area contributed by atoms with Crippen molar-refractivity contribution in [2.75, 3.05) is 13.1 Å². The summed E-state index contributed by atoms with van der Waals surface area (Å²) < 4.78 is 0. The molecule has 0 unspecified atom stereocenters. The van der Waals surface area contributed by atoms with E-state index in [1.165, 1.54) is 141 Å². The summed E-state index contributed by atoms with van der Waals surface area (Å²) in [7, 11) is 0. The van der Waals surface area contributed by atoms with Gasteiger partial charge in [-0.15, -0.1) is 0 Å². The first-order valence-electron chi connectivity index (χ1n) is 13.2. The zero-order chi connectivity index (χ0) is 21.0. The van der Waals surface area contributed by atoms with E-state index in [2.05, 4.69) is 13.8 Å². The van der Waals surface area contributed by atoms with Crippen LogP contribution >= 0.6 is 0 Å². The molecule has 28 heavy (non-hydrogen) atoms. The average molecular weight is 399 g/mol. The summed E-state index contributed by atoms with van der Waals surface area (Å²) in [5.74, 6) is 0. The summed E-state index contributed by atoms with van der Waals surface area (Å²) in [5.41, 5.74) is 10.9. The Labute approximate surface area is 180 Å². The number of unbranched alkanes of at least 4 members (excludes halogenated alkanes) is 20. The van der Waals surface area contributed by atoms with Gasteiger partial charge in [-0.3, -0.25) is 0 Å². The zero-order valence-corrected chi connectivity index (χ0v) is 20.1. The van der Waals surface area contributed by atoms with Gasteiger partial charge in [-0.2, -0.15) is 0 Å². The molecule has 0 aliphatic rings. The van der Waals surface area contributed by atoms with Crippen LogP contribution in [0.2, 0.25) is 0 Å². The molecule has 0 bridgehead atoms. The van der Waals surface area contributed by atoms with Crippen LogP contribution in [0.25, 0.3) is 0 Å². The Balaban J connectivity index is 0. The van der Waals surface area contributed by atoms with Gasteiger partial charge in [-0.1, -0.05) is 142 Å². The fraction of sp³-hybridized carbons (Fsp3) is 1.00. The molecule has 0 atom stereocenters. The molecule has 0 saturated heterocycles. The van der Waals surface area contributed by atoms with Crippen molar-refractivity contribution in [3.8, 4) is 0 Å². The molecule has 0 amide bonds. The predicted molar refractivity (Wildman–Crippen MR) is 131 cm³/mol. The van der Waals surface area contributed by atoms with E-state index >= 15 is 0 Å². The summed E-state index contributed by atoms with van der Waals surface area (Å²) in [4.78, 5) is 0. The Hall–Kier alpha value is -0.0800. The lowest BCUT2D eigenvalue weighted by Crippen LogP contribution is -1.97. The van der Waals surface area contributed by atoms with Gasteiger partial charge in [0, 0.05) is 0 Å². The van der Waals surface area contributed by atoms with Gasteiger partial charge < -0.3 is 11.5 Å². The molecule has 0 rings (SSSR count). The van der Waals surface area contributed by atoms with Crippen LogP contribution in [-0.2, 0) is 0 Å². The van der Waals surface area contributed by atoms with Crippen LogP contribution in [0.15, 0.2) is 0 Å². The lowest BCUT2D eigenvalue weighted by Gasteiger charge is -2.01. The highest BCUT2D eigenvalue weighted by molar-refractivity contribution is 4.49. The Morgan fingerprint density at radius 3 is 0.643 bits per heavy atom. The summed E-state index contributed by atoms with van der Waals surface area (Å²) in [6.07, 6.45) is 30.8. The van der Waals surface area contributed by atoms with E-state index in [9.17, 15) is 0 Å². The fourth-order valence-corrected chi connectivity index (χ4v) is 3.62. The van der Waals surface area contributed by atoms with Crippen molar-refractivity contribution in [3.63, 3.8) is 0 Å². The molecule has 4 N–H and O–H groups in total. The van der Waals surface area contributed by atoms with Gasteiger partial charge in [0.25, 0.3) is 0 Å². The van der Waals surface area contributed by atoms with Gasteiger partial charge in [0.1, 0.15) is 0 Å². The van der Waals surface area contributed by atoms with E-state index in [4.69, 9.17) is 11.5 Å². The van der Waals surface area contributed by atoms with Gasteiger partial charge in [-0.05, 0) is 25.9 Å². The smallest absolute Gasteiger partial charge is 0.00773 e. The Bertz CT molecular complexity index is 182. The van der Waals surface area contributed by atoms with E-state index in [-0.39, 0.29) is 0 Å². The van der Waals surface area contributed by atoms with Crippen LogP contribution in [0.4, 0.5) is 0 Å². The third-order valence-electron chi connectivity index (χ3n) is 5.62. The van der Waals surface area contributed by atoms with E-state index in [0.29, 0.717) is 0 Å². The van der Waals surface area contributed by atoms with Crippen molar-refractivity contribution >= 4 is 0 Å². The van der Waals surface area contributed by atoms with Gasteiger partial charge in [0.05, 0.1) is 0 Å². The minimum atomic E-state index is 0.872. The lowest BCUT2D eigenvalue weighted by molar-refractivity contribution is 0.551. The molecule has 0 radical (unpaired) electrons. The standard InChI is InChI=1S/2C13H29N/c2*1-2-3-4-5-6-7-8-9-10-11-12-13-14/h2*2-14H2,1H3. The highest BCUT2D eigenvalue weighted by atomic mass is 14.5. The second-order valence-electron chi connectivity index (χ2n) is 8.65. The number of hydrogen-bond acceptors (Lipinski definition) is 2. The molecule has 0 aliphatic heterocycles. The number of nitrogens with two attached hydrogens (primary N) is 2. The summed E-state index contributed by atoms with van der Waals surface area (Å²) in [5, 5.41) is 0. The molecule has 0 aromatic carbocycles. The summed E-state index contributed by atoms with van der Waals surface area (Å²) >= 11 is 0. The minimum absolute atomic E-state index is 0.872. The molecule has 0 aliphatic carbocycles. The molecular weight excluding hydrogens is 340 g/mol. The first-order chi connectivity index (χ1) is 13.8. The first-order valence-corrected chi connectivity index (χ1v) is 13.2. The van der Waals surface area contributed by atoms with Crippen molar-refractivity contribution in [2.45, 2.75) is 155 Å². The molecular formula is C26H58N2. The molecule has 2 nitrogen and oxygen atoms in total. The van der Waals surface area contributed by atoms with E-state index in [0.717, 1.165) is 13.1 Å². The van der Waals surface area contributed by atoms with Crippen molar-refractivity contribution in [1.82, 2.24) is 0 Å². The van der Waals surface area contributed by atoms with E-state index in [1.807, 2.05) is 0 Å². The normalized spacial score (nSPS) is 10.7. The maximum absolute atomic E-state index is 5.44. The highest BCUT2D eigenvalue weighted by Gasteiger charge is 1.92. The Morgan fingerprint density at radius 1 is 0.286 bits per heavy atom. The second kappa shape index (κ2) is 31.6. The predicted octanol–water partition coefficient (Wildman–Crippen LogP) is 8.51. The second-order valence-corrected chi connectivity index (χ2v) is 8.65. The fourth-order valence-electron chi connectivity index (χ4n) is 3.62. The minimum Gasteiger partial charge on any atom is -0.330 e. The zero-order valence-electron chi connectivity index (χ0n) is 20.1. The molecule has 0 heterocycles. The lowest BCUT2D eigenvalue weighted by atomic mass is 10.1. The SMILES string of the molecule is CCCCCCCCCCCCCN.CCCCCCCCCCCCCN. The maximum atomic E-state index is 5.44. The monoisotopic (exact) mass is 398 g/mol. The Morgan fingerprint density at radius 2 is 0.464 bits per heavy atom. The van der Waals surface area contributed by atoms with Crippen LogP contribution in [0.5, 0.6) is 0 Å². The summed E-state index contributed by atoms with van der Waals surface area (Å²) in [6, 6.07) is 0. The third kappa shape index (κ3) is 33.5. The number of rotatable bonds is 22. The Kier molecular flexibility index (Phi) is 34.0. The summed E-state index contributed by atoms with van der Waals surface area (Å²) in [6.45, 7) is 6.29. The molecule has 0 fully saturated rings. The molecule has 0 aromatic rings. The topological polar surface area (TPSA) is 52.0 Å².